The number of esters is 1. The van der Waals surface area contributed by atoms with Crippen LogP contribution in [0.3, 0.4) is 0 Å². The van der Waals surface area contributed by atoms with Crippen LogP contribution in [-0.4, -0.2) is 133 Å². The summed E-state index contributed by atoms with van der Waals surface area (Å²) >= 11 is 0. The summed E-state index contributed by atoms with van der Waals surface area (Å²) in [6.07, 6.45) is 11.3. The third-order valence-corrected chi connectivity index (χ3v) is 15.0. The zero-order chi connectivity index (χ0) is 50.3. The summed E-state index contributed by atoms with van der Waals surface area (Å²) < 4.78 is 35.5. The number of allylic oxidation sites excluding steroid dienone is 6. The van der Waals surface area contributed by atoms with E-state index in [-0.39, 0.29) is 92.3 Å². The first kappa shape index (κ1) is 57.2. The number of carbonyl (C=O) groups excluding carboxylic acids is 5. The quantitative estimate of drug-likeness (QED) is 0.0871. The van der Waals surface area contributed by atoms with E-state index in [1.54, 1.807) is 21.1 Å². The molecule has 15 heteroatoms. The van der Waals surface area contributed by atoms with Gasteiger partial charge in [0.2, 0.25) is 0 Å². The lowest BCUT2D eigenvalue weighted by Crippen LogP contribution is -2.51. The third kappa shape index (κ3) is 15.1. The van der Waals surface area contributed by atoms with E-state index in [1.165, 1.54) is 7.11 Å². The number of ether oxygens (including phenoxy) is 6. The second-order valence-corrected chi connectivity index (χ2v) is 20.3. The first-order chi connectivity index (χ1) is 32.3. The number of rotatable bonds is 9. The smallest absolute Gasteiger partial charge is 0.306 e. The van der Waals surface area contributed by atoms with Crippen LogP contribution in [0.1, 0.15) is 132 Å². The minimum Gasteiger partial charge on any atom is -0.462 e. The molecule has 0 aromatic heterocycles. The maximum atomic E-state index is 13.9. The van der Waals surface area contributed by atoms with Gasteiger partial charge >= 0.3 is 5.97 Å². The highest BCUT2D eigenvalue weighted by molar-refractivity contribution is 6.40. The molecule has 1 saturated heterocycles. The Balaban J connectivity index is 1.55. The van der Waals surface area contributed by atoms with Gasteiger partial charge in [-0.15, -0.1) is 0 Å². The van der Waals surface area contributed by atoms with E-state index in [9.17, 15) is 39.3 Å². The molecule has 1 amide bonds. The Kier molecular flexibility index (Phi) is 22.4. The molecule has 0 aromatic carbocycles. The molecule has 4 rings (SSSR count). The number of aliphatic hydroxyl groups is 3. The predicted molar refractivity (Wildman–Crippen MR) is 256 cm³/mol. The normalized spacial score (nSPS) is 37.6. The number of hydrogen-bond acceptors (Lipinski definition) is 14. The fourth-order valence-corrected chi connectivity index (χ4v) is 10.9. The summed E-state index contributed by atoms with van der Waals surface area (Å²) in [7, 11) is 4.75. The van der Waals surface area contributed by atoms with Gasteiger partial charge in [-0.25, -0.2) is 0 Å². The van der Waals surface area contributed by atoms with Crippen LogP contribution >= 0.6 is 0 Å². The SMILES string of the molecule is COC1CC(C)=CC(C)C(=O)CC([C@H](C)C[C@@H]2CC[C@@H](OCCO)[C@H](OC)C2)OC(=O)CCCC(O)C(O)NC(=O)C(=O)C23OC2(CCC3C)CC(OC)C(C)=CC=CC=CC(C)CC(C)C1=O. The maximum Gasteiger partial charge on any atom is 0.306 e. The van der Waals surface area contributed by atoms with Gasteiger partial charge in [-0.2, -0.15) is 0 Å². The Morgan fingerprint density at radius 1 is 0.868 bits per heavy atom. The van der Waals surface area contributed by atoms with Gasteiger partial charge in [0.1, 0.15) is 23.6 Å². The topological polar surface area (TPSA) is 217 Å². The summed E-state index contributed by atoms with van der Waals surface area (Å²) in [5, 5.41) is 33.3. The standard InChI is InChI=1S/C53H83NO14/c1-32-15-12-11-13-16-34(3)46(65-10)31-52-22-21-38(7)53(52,68-52)49(60)51(62)54-50(61)40(56)17-14-18-47(58)67-43(36(5)28-39-19-20-42(66-24-23-55)44(29-39)63-8)30-41(57)35(4)26-33(2)27-45(64-9)48(59)37(6)25-32/h11-13,15-16,26,32,35-40,42-46,50,55-56,61H,14,17-25,27-31H2,1-10H3,(H,54,62)/t32?,35?,36-,37?,38?,39+,40?,42-,43?,44-,45?,46?,50?,52?,53?/m1/s1. The lowest BCUT2D eigenvalue weighted by molar-refractivity contribution is -0.154. The zero-order valence-electron chi connectivity index (χ0n) is 42.4. The molecule has 68 heavy (non-hydrogen) atoms. The first-order valence-electron chi connectivity index (χ1n) is 24.9. The molecule has 0 aromatic rings. The number of epoxide rings is 1. The Morgan fingerprint density at radius 2 is 1.59 bits per heavy atom. The van der Waals surface area contributed by atoms with E-state index in [1.807, 2.05) is 71.1 Å². The van der Waals surface area contributed by atoms with Crippen molar-refractivity contribution in [2.45, 2.75) is 186 Å². The summed E-state index contributed by atoms with van der Waals surface area (Å²) in [5.74, 6) is -3.64. The van der Waals surface area contributed by atoms with Gasteiger partial charge in [0.15, 0.2) is 17.6 Å². The van der Waals surface area contributed by atoms with Gasteiger partial charge < -0.3 is 49.1 Å². The molecule has 4 N–H and O–H groups in total. The van der Waals surface area contributed by atoms with Crippen molar-refractivity contribution in [3.63, 3.8) is 0 Å². The molecule has 0 bridgehead atoms. The lowest BCUT2D eigenvalue weighted by Gasteiger charge is -2.37. The first-order valence-corrected chi connectivity index (χ1v) is 24.9. The van der Waals surface area contributed by atoms with Crippen molar-refractivity contribution >= 4 is 29.2 Å². The highest BCUT2D eigenvalue weighted by Crippen LogP contribution is 2.65. The number of carbonyl (C=O) groups is 5. The fraction of sp³-hybridized carbons (Fsp3) is 0.755. The van der Waals surface area contributed by atoms with Crippen molar-refractivity contribution in [2.24, 2.45) is 35.5 Å². The van der Waals surface area contributed by atoms with Gasteiger partial charge in [0, 0.05) is 58.8 Å². The van der Waals surface area contributed by atoms with Crippen molar-refractivity contribution in [1.29, 1.82) is 0 Å². The highest BCUT2D eigenvalue weighted by atomic mass is 16.6. The molecule has 0 spiro atoms. The van der Waals surface area contributed by atoms with E-state index < -0.39 is 65.4 Å². The van der Waals surface area contributed by atoms with Crippen LogP contribution in [-0.2, 0) is 52.4 Å². The number of amides is 1. The largest absolute Gasteiger partial charge is 0.462 e. The molecule has 11 unspecified atom stereocenters. The van der Waals surface area contributed by atoms with Gasteiger partial charge in [0.05, 0.1) is 37.6 Å². The molecular weight excluding hydrogens is 875 g/mol. The van der Waals surface area contributed by atoms with Crippen LogP contribution in [0.4, 0.5) is 0 Å². The van der Waals surface area contributed by atoms with Gasteiger partial charge in [-0.05, 0) is 101 Å². The molecular formula is C53H83NO14. The van der Waals surface area contributed by atoms with E-state index in [2.05, 4.69) is 12.2 Å². The number of hydrogen-bond donors (Lipinski definition) is 4. The lowest BCUT2D eigenvalue weighted by atomic mass is 9.78. The molecule has 3 fully saturated rings. The highest BCUT2D eigenvalue weighted by Gasteiger charge is 2.80. The molecule has 2 aliphatic carbocycles. The molecule has 2 heterocycles. The van der Waals surface area contributed by atoms with Crippen LogP contribution in [0.25, 0.3) is 0 Å². The Hall–Kier alpha value is -3.41. The monoisotopic (exact) mass is 958 g/mol. The van der Waals surface area contributed by atoms with Crippen LogP contribution < -0.4 is 5.32 Å². The summed E-state index contributed by atoms with van der Waals surface area (Å²) in [4.78, 5) is 68.4. The van der Waals surface area contributed by atoms with Gasteiger partial charge in [0.25, 0.3) is 11.7 Å². The van der Waals surface area contributed by atoms with Crippen molar-refractivity contribution < 1.29 is 67.7 Å². The van der Waals surface area contributed by atoms with E-state index in [0.29, 0.717) is 44.9 Å². The fourth-order valence-electron chi connectivity index (χ4n) is 10.9. The van der Waals surface area contributed by atoms with Crippen molar-refractivity contribution in [2.75, 3.05) is 34.5 Å². The van der Waals surface area contributed by atoms with E-state index >= 15 is 0 Å². The molecule has 15 nitrogen and oxygen atoms in total. The van der Waals surface area contributed by atoms with Crippen molar-refractivity contribution in [3.8, 4) is 0 Å². The molecule has 2 aliphatic heterocycles. The van der Waals surface area contributed by atoms with Crippen LogP contribution in [0, 0.1) is 35.5 Å². The molecule has 4 aliphatic rings. The Bertz CT molecular complexity index is 1830. The maximum absolute atomic E-state index is 13.9. The summed E-state index contributed by atoms with van der Waals surface area (Å²) in [5.41, 5.74) is -0.592. The summed E-state index contributed by atoms with van der Waals surface area (Å²) in [6, 6.07) is 0. The van der Waals surface area contributed by atoms with Crippen LogP contribution in [0.2, 0.25) is 0 Å². The average Bonchev–Trinajstić information content (AvgIpc) is 3.89. The Morgan fingerprint density at radius 3 is 2.26 bits per heavy atom. The Labute approximate surface area is 404 Å². The van der Waals surface area contributed by atoms with Crippen molar-refractivity contribution in [3.05, 3.63) is 47.6 Å². The van der Waals surface area contributed by atoms with Crippen molar-refractivity contribution in [1.82, 2.24) is 5.32 Å². The minimum absolute atomic E-state index is 0.0141. The third-order valence-electron chi connectivity index (χ3n) is 15.0. The number of nitrogens with one attached hydrogen (secondary N) is 1. The second kappa shape index (κ2) is 26.7. The molecule has 384 valence electrons. The number of Topliss-reactive ketones (excluding diaryl/α,β-unsaturated/α-hetero) is 3. The molecule has 0 radical (unpaired) electrons. The predicted octanol–water partition coefficient (Wildman–Crippen LogP) is 6.25. The number of methoxy groups -OCH3 is 3. The molecule has 2 saturated carbocycles. The van der Waals surface area contributed by atoms with Crippen LogP contribution in [0.15, 0.2) is 47.6 Å². The van der Waals surface area contributed by atoms with Gasteiger partial charge in [-0.3, -0.25) is 24.0 Å². The minimum atomic E-state index is -1.79. The van der Waals surface area contributed by atoms with Gasteiger partial charge in [-0.1, -0.05) is 76.6 Å². The zero-order valence-corrected chi connectivity index (χ0v) is 42.4. The molecule has 15 atom stereocenters. The number of ketones is 3. The number of cyclic esters (lactones) is 1. The number of aliphatic hydroxyl groups excluding tert-OH is 3. The van der Waals surface area contributed by atoms with Crippen LogP contribution in [0.5, 0.6) is 0 Å². The summed E-state index contributed by atoms with van der Waals surface area (Å²) in [6.45, 7) is 13.5. The second-order valence-electron chi connectivity index (χ2n) is 20.3. The van der Waals surface area contributed by atoms with E-state index in [0.717, 1.165) is 24.0 Å². The average molecular weight is 958 g/mol. The van der Waals surface area contributed by atoms with E-state index in [4.69, 9.17) is 28.4 Å².